The molecule has 3 rings (SSSR count). The minimum absolute atomic E-state index is 0.178. The summed E-state index contributed by atoms with van der Waals surface area (Å²) in [6.07, 6.45) is 1.55. The molecule has 1 aromatic carbocycles. The van der Waals surface area contributed by atoms with Crippen LogP contribution in [0.4, 0.5) is 4.39 Å². The molecule has 0 saturated carbocycles. The number of rotatable bonds is 4. The molecule has 2 aromatic heterocycles. The number of hydrogen-bond donors (Lipinski definition) is 0. The Balaban J connectivity index is 1.85. The zero-order valence-electron chi connectivity index (χ0n) is 14.6. The van der Waals surface area contributed by atoms with Crippen LogP contribution in [0.25, 0.3) is 5.65 Å². The maximum Gasteiger partial charge on any atom is 0.257 e. The molecule has 7 heteroatoms. The summed E-state index contributed by atoms with van der Waals surface area (Å²) in [5.41, 5.74) is 3.40. The minimum atomic E-state index is -0.452. The van der Waals surface area contributed by atoms with E-state index in [0.717, 1.165) is 11.4 Å². The summed E-state index contributed by atoms with van der Waals surface area (Å²) in [4.78, 5) is 18.6. The normalized spacial score (nSPS) is 10.9. The number of nitrogens with zero attached hydrogens (tertiary/aromatic N) is 4. The van der Waals surface area contributed by atoms with Crippen LogP contribution in [0, 0.1) is 19.7 Å². The quantitative estimate of drug-likeness (QED) is 0.731. The van der Waals surface area contributed by atoms with Crippen molar-refractivity contribution in [2.75, 3.05) is 14.2 Å². The molecule has 2 heterocycles. The smallest absolute Gasteiger partial charge is 0.257 e. The molecule has 0 bridgehead atoms. The predicted molar refractivity (Wildman–Crippen MR) is 91.2 cm³/mol. The Morgan fingerprint density at radius 2 is 2.08 bits per heavy atom. The lowest BCUT2D eigenvalue weighted by atomic mass is 10.1. The van der Waals surface area contributed by atoms with E-state index < -0.39 is 5.82 Å². The minimum Gasteiger partial charge on any atom is -0.494 e. The number of benzene rings is 1. The van der Waals surface area contributed by atoms with Crippen molar-refractivity contribution in [3.63, 3.8) is 0 Å². The third kappa shape index (κ3) is 3.17. The predicted octanol–water partition coefficient (Wildman–Crippen LogP) is 2.77. The van der Waals surface area contributed by atoms with Crippen LogP contribution in [0.5, 0.6) is 5.75 Å². The van der Waals surface area contributed by atoms with Gasteiger partial charge in [-0.05, 0) is 31.5 Å². The van der Waals surface area contributed by atoms with E-state index in [-0.39, 0.29) is 18.2 Å². The molecule has 25 heavy (non-hydrogen) atoms. The number of amides is 1. The maximum absolute atomic E-state index is 13.8. The van der Waals surface area contributed by atoms with Crippen LogP contribution in [0.1, 0.15) is 27.3 Å². The van der Waals surface area contributed by atoms with Gasteiger partial charge in [-0.25, -0.2) is 13.9 Å². The Bertz CT molecular complexity index is 952. The van der Waals surface area contributed by atoms with Crippen molar-refractivity contribution < 1.29 is 13.9 Å². The number of aryl methyl sites for hydroxylation is 2. The number of halogens is 1. The van der Waals surface area contributed by atoms with Gasteiger partial charge in [0.1, 0.15) is 0 Å². The van der Waals surface area contributed by atoms with Crippen molar-refractivity contribution in [1.82, 2.24) is 19.5 Å². The van der Waals surface area contributed by atoms with Crippen LogP contribution in [-0.2, 0) is 6.54 Å². The first-order chi connectivity index (χ1) is 11.9. The van der Waals surface area contributed by atoms with E-state index in [1.165, 1.54) is 18.1 Å². The summed E-state index contributed by atoms with van der Waals surface area (Å²) in [5.74, 6) is -0.472. The topological polar surface area (TPSA) is 59.7 Å². The van der Waals surface area contributed by atoms with Gasteiger partial charge in [0.25, 0.3) is 5.91 Å². The molecule has 0 saturated heterocycles. The standard InChI is InChI=1S/C18H19FN4O2/c1-11-7-17-20-9-14(12(2)23(17)21-11)18(24)22(3)10-13-5-6-16(25-4)15(19)8-13/h5-9H,10H2,1-4H3. The Labute approximate surface area is 144 Å². The number of aromatic nitrogens is 3. The van der Waals surface area contributed by atoms with Gasteiger partial charge in [0.2, 0.25) is 0 Å². The zero-order valence-corrected chi connectivity index (χ0v) is 14.6. The highest BCUT2D eigenvalue weighted by atomic mass is 19.1. The Kier molecular flexibility index (Phi) is 4.39. The summed E-state index contributed by atoms with van der Waals surface area (Å²) in [6.45, 7) is 3.98. The monoisotopic (exact) mass is 342 g/mol. The highest BCUT2D eigenvalue weighted by molar-refractivity contribution is 5.95. The number of hydrogen-bond acceptors (Lipinski definition) is 4. The van der Waals surface area contributed by atoms with Crippen LogP contribution >= 0.6 is 0 Å². The van der Waals surface area contributed by atoms with Gasteiger partial charge in [-0.1, -0.05) is 6.07 Å². The van der Waals surface area contributed by atoms with Crippen molar-refractivity contribution in [3.8, 4) is 5.75 Å². The number of carbonyl (C=O) groups is 1. The van der Waals surface area contributed by atoms with E-state index in [4.69, 9.17) is 4.74 Å². The van der Waals surface area contributed by atoms with Crippen molar-refractivity contribution >= 4 is 11.6 Å². The lowest BCUT2D eigenvalue weighted by molar-refractivity contribution is 0.0783. The summed E-state index contributed by atoms with van der Waals surface area (Å²) < 4.78 is 20.4. The fourth-order valence-corrected chi connectivity index (χ4v) is 2.73. The third-order valence-corrected chi connectivity index (χ3v) is 4.06. The Hall–Kier alpha value is -2.96. The number of fused-ring (bicyclic) bond motifs is 1. The van der Waals surface area contributed by atoms with Gasteiger partial charge >= 0.3 is 0 Å². The van der Waals surface area contributed by atoms with Crippen molar-refractivity contribution in [2.24, 2.45) is 0 Å². The van der Waals surface area contributed by atoms with Gasteiger partial charge in [-0.3, -0.25) is 4.79 Å². The molecule has 130 valence electrons. The largest absolute Gasteiger partial charge is 0.494 e. The average molecular weight is 342 g/mol. The Morgan fingerprint density at radius 3 is 2.76 bits per heavy atom. The second-order valence-corrected chi connectivity index (χ2v) is 5.94. The van der Waals surface area contributed by atoms with Crippen LogP contribution in [0.2, 0.25) is 0 Å². The molecule has 6 nitrogen and oxygen atoms in total. The summed E-state index contributed by atoms with van der Waals surface area (Å²) in [7, 11) is 3.08. The molecule has 0 unspecified atom stereocenters. The van der Waals surface area contributed by atoms with Gasteiger partial charge in [-0.15, -0.1) is 0 Å². The molecule has 0 N–H and O–H groups in total. The van der Waals surface area contributed by atoms with Crippen molar-refractivity contribution in [1.29, 1.82) is 0 Å². The van der Waals surface area contributed by atoms with E-state index in [0.29, 0.717) is 16.8 Å². The molecule has 0 aliphatic carbocycles. The first-order valence-electron chi connectivity index (χ1n) is 7.80. The zero-order chi connectivity index (χ0) is 18.1. The van der Waals surface area contributed by atoms with E-state index in [1.807, 2.05) is 19.9 Å². The Morgan fingerprint density at radius 1 is 1.32 bits per heavy atom. The molecule has 0 spiro atoms. The van der Waals surface area contributed by atoms with Crippen molar-refractivity contribution in [2.45, 2.75) is 20.4 Å². The first kappa shape index (κ1) is 16.9. The van der Waals surface area contributed by atoms with Crippen LogP contribution < -0.4 is 4.74 Å². The lowest BCUT2D eigenvalue weighted by Crippen LogP contribution is -2.27. The highest BCUT2D eigenvalue weighted by Crippen LogP contribution is 2.19. The molecule has 0 atom stereocenters. The fourth-order valence-electron chi connectivity index (χ4n) is 2.73. The maximum atomic E-state index is 13.8. The van der Waals surface area contributed by atoms with Gasteiger partial charge < -0.3 is 9.64 Å². The first-order valence-corrected chi connectivity index (χ1v) is 7.80. The van der Waals surface area contributed by atoms with Crippen LogP contribution in [-0.4, -0.2) is 39.6 Å². The van der Waals surface area contributed by atoms with E-state index in [2.05, 4.69) is 10.1 Å². The molecule has 3 aromatic rings. The van der Waals surface area contributed by atoms with E-state index in [1.54, 1.807) is 29.9 Å². The van der Waals surface area contributed by atoms with Gasteiger partial charge in [0.15, 0.2) is 17.2 Å². The van der Waals surface area contributed by atoms with E-state index >= 15 is 0 Å². The number of ether oxygens (including phenoxy) is 1. The summed E-state index contributed by atoms with van der Waals surface area (Å²) in [5, 5.41) is 4.35. The van der Waals surface area contributed by atoms with Gasteiger partial charge in [-0.2, -0.15) is 5.10 Å². The fraction of sp³-hybridized carbons (Fsp3) is 0.278. The molecule has 0 radical (unpaired) electrons. The SMILES string of the molecule is COc1ccc(CN(C)C(=O)c2cnc3cc(C)nn3c2C)cc1F. The molecule has 1 amide bonds. The van der Waals surface area contributed by atoms with Crippen molar-refractivity contribution in [3.05, 3.63) is 58.8 Å². The highest BCUT2D eigenvalue weighted by Gasteiger charge is 2.18. The number of carbonyl (C=O) groups excluding carboxylic acids is 1. The molecular weight excluding hydrogens is 323 g/mol. The lowest BCUT2D eigenvalue weighted by Gasteiger charge is -2.19. The van der Waals surface area contributed by atoms with Gasteiger partial charge in [0.05, 0.1) is 24.1 Å². The molecule has 0 aliphatic heterocycles. The van der Waals surface area contributed by atoms with Crippen LogP contribution in [0.15, 0.2) is 30.5 Å². The van der Waals surface area contributed by atoms with Gasteiger partial charge in [0, 0.05) is 25.9 Å². The summed E-state index contributed by atoms with van der Waals surface area (Å²) >= 11 is 0. The molecular formula is C18H19FN4O2. The molecule has 0 fully saturated rings. The second-order valence-electron chi connectivity index (χ2n) is 5.94. The summed E-state index contributed by atoms with van der Waals surface area (Å²) in [6, 6.07) is 6.50. The molecule has 0 aliphatic rings. The van der Waals surface area contributed by atoms with E-state index in [9.17, 15) is 9.18 Å². The average Bonchev–Trinajstić information content (AvgIpc) is 2.96. The second kappa shape index (κ2) is 6.51. The van der Waals surface area contributed by atoms with Crippen LogP contribution in [0.3, 0.4) is 0 Å². The third-order valence-electron chi connectivity index (χ3n) is 4.06. The number of methoxy groups -OCH3 is 1.